The first-order valence-corrected chi connectivity index (χ1v) is 4.24. The molecule has 5 heteroatoms. The zero-order chi connectivity index (χ0) is 11.0. The summed E-state index contributed by atoms with van der Waals surface area (Å²) in [5.41, 5.74) is -0.330. The van der Waals surface area contributed by atoms with Crippen LogP contribution in [0, 0.1) is 0 Å². The maximum Gasteiger partial charge on any atom is 0.341 e. The third-order valence-electron chi connectivity index (χ3n) is 2.17. The largest absolute Gasteiger partial charge is 0.477 e. The summed E-state index contributed by atoms with van der Waals surface area (Å²) in [6.07, 6.45) is 1.12. The number of carbonyl (C=O) groups is 1. The molecule has 15 heavy (non-hydrogen) atoms. The van der Waals surface area contributed by atoms with E-state index < -0.39 is 11.4 Å². The summed E-state index contributed by atoms with van der Waals surface area (Å²) in [6.45, 7) is 0. The minimum absolute atomic E-state index is 0.305. The van der Waals surface area contributed by atoms with Crippen LogP contribution in [0.25, 0.3) is 10.9 Å². The van der Waals surface area contributed by atoms with Crippen LogP contribution in [0.2, 0.25) is 0 Å². The molecule has 0 unspecified atom stereocenters. The lowest BCUT2D eigenvalue weighted by atomic mass is 10.1. The van der Waals surface area contributed by atoms with Gasteiger partial charge in [-0.3, -0.25) is 9.47 Å². The van der Waals surface area contributed by atoms with Crippen LogP contribution in [0.5, 0.6) is 0 Å². The number of nitrogens with zero attached hydrogens (tertiary/aromatic N) is 1. The van der Waals surface area contributed by atoms with Gasteiger partial charge in [-0.15, -0.1) is 0 Å². The number of hydrogen-bond acceptors (Lipinski definition) is 3. The van der Waals surface area contributed by atoms with Crippen LogP contribution in [0.15, 0.2) is 35.3 Å². The monoisotopic (exact) mass is 204 g/mol. The van der Waals surface area contributed by atoms with Gasteiger partial charge in [0, 0.05) is 11.6 Å². The summed E-state index contributed by atoms with van der Waals surface area (Å²) in [4.78, 5) is 22.4. The third-order valence-corrected chi connectivity index (χ3v) is 2.17. The Bertz CT molecular complexity index is 601. The van der Waals surface area contributed by atoms with E-state index in [-0.39, 0.29) is 5.56 Å². The number of carboxylic acids is 1. The van der Waals surface area contributed by atoms with Gasteiger partial charge in [0.25, 0.3) is 0 Å². The molecule has 0 aliphatic carbocycles. The van der Waals surface area contributed by atoms with Crippen LogP contribution in [-0.4, -0.2) is 15.8 Å². The molecule has 0 radical (unpaired) electrons. The second kappa shape index (κ2) is 3.13. The molecule has 0 saturated carbocycles. The first-order chi connectivity index (χ1) is 7.11. The van der Waals surface area contributed by atoms with Crippen molar-refractivity contribution in [2.24, 2.45) is 0 Å². The molecule has 0 amide bonds. The number of fused-ring (bicyclic) bond motifs is 1. The number of pyridine rings is 1. The van der Waals surface area contributed by atoms with Crippen LogP contribution in [-0.2, 0) is 0 Å². The fourth-order valence-electron chi connectivity index (χ4n) is 1.46. The summed E-state index contributed by atoms with van der Waals surface area (Å²) in [6, 6.07) is 6.59. The van der Waals surface area contributed by atoms with E-state index in [2.05, 4.69) is 0 Å². The molecule has 76 valence electrons. The average Bonchev–Trinajstić information content (AvgIpc) is 2.23. The summed E-state index contributed by atoms with van der Waals surface area (Å²) in [5.74, 6) is 4.30. The van der Waals surface area contributed by atoms with Crippen molar-refractivity contribution >= 4 is 16.9 Å². The smallest absolute Gasteiger partial charge is 0.341 e. The van der Waals surface area contributed by atoms with E-state index in [0.717, 1.165) is 10.9 Å². The minimum atomic E-state index is -1.27. The third kappa shape index (κ3) is 1.34. The van der Waals surface area contributed by atoms with E-state index >= 15 is 0 Å². The zero-order valence-electron chi connectivity index (χ0n) is 7.68. The Morgan fingerprint density at radius 1 is 1.33 bits per heavy atom. The molecule has 1 aromatic carbocycles. The lowest BCUT2D eigenvalue weighted by molar-refractivity contribution is 0.0695. The fraction of sp³-hybridized carbons (Fsp3) is 0. The van der Waals surface area contributed by atoms with E-state index in [1.54, 1.807) is 24.3 Å². The molecule has 0 bridgehead atoms. The lowest BCUT2D eigenvalue weighted by Crippen LogP contribution is -2.21. The highest BCUT2D eigenvalue weighted by molar-refractivity contribution is 5.92. The molecule has 3 N–H and O–H groups in total. The SMILES string of the molecule is Nn1cc(C(=O)O)c(=O)c2ccccc21. The zero-order valence-corrected chi connectivity index (χ0v) is 7.68. The molecule has 2 rings (SSSR count). The van der Waals surface area contributed by atoms with Gasteiger partial charge in [-0.05, 0) is 12.1 Å². The summed E-state index contributed by atoms with van der Waals surface area (Å²) < 4.78 is 1.14. The van der Waals surface area contributed by atoms with Crippen molar-refractivity contribution in [3.05, 3.63) is 46.2 Å². The van der Waals surface area contributed by atoms with E-state index in [0.29, 0.717) is 10.9 Å². The molecule has 0 aliphatic rings. The second-order valence-corrected chi connectivity index (χ2v) is 3.10. The van der Waals surface area contributed by atoms with Crippen LogP contribution in [0.1, 0.15) is 10.4 Å². The maximum atomic E-state index is 11.7. The van der Waals surface area contributed by atoms with Gasteiger partial charge >= 0.3 is 5.97 Å². The Kier molecular flexibility index (Phi) is 1.93. The molecule has 0 fully saturated rings. The van der Waals surface area contributed by atoms with E-state index in [1.165, 1.54) is 0 Å². The molecule has 2 aromatic rings. The summed E-state index contributed by atoms with van der Waals surface area (Å²) >= 11 is 0. The van der Waals surface area contributed by atoms with Crippen LogP contribution in [0.4, 0.5) is 0 Å². The Morgan fingerprint density at radius 2 is 2.00 bits per heavy atom. The first kappa shape index (κ1) is 9.26. The number of rotatable bonds is 1. The fourth-order valence-corrected chi connectivity index (χ4v) is 1.46. The number of carboxylic acid groups (broad SMARTS) is 1. The van der Waals surface area contributed by atoms with Crippen molar-refractivity contribution in [3.63, 3.8) is 0 Å². The van der Waals surface area contributed by atoms with Gasteiger partial charge < -0.3 is 10.9 Å². The standard InChI is InChI=1S/C10H8N2O3/c11-12-5-7(10(14)15)9(13)6-3-1-2-4-8(6)12/h1-5H,11H2,(H,14,15). The number of aromatic nitrogens is 1. The van der Waals surface area contributed by atoms with Crippen LogP contribution >= 0.6 is 0 Å². The highest BCUT2D eigenvalue weighted by Crippen LogP contribution is 2.08. The van der Waals surface area contributed by atoms with Crippen molar-refractivity contribution < 1.29 is 9.90 Å². The number of aromatic carboxylic acids is 1. The Labute approximate surface area is 84.3 Å². The molecular formula is C10H8N2O3. The molecule has 0 atom stereocenters. The van der Waals surface area contributed by atoms with Gasteiger partial charge in [0.15, 0.2) is 0 Å². The number of nitrogens with two attached hydrogens (primary N) is 1. The Hall–Kier alpha value is -2.30. The van der Waals surface area contributed by atoms with Gasteiger partial charge in [-0.1, -0.05) is 12.1 Å². The number of nitrogen functional groups attached to an aromatic ring is 1. The van der Waals surface area contributed by atoms with E-state index in [4.69, 9.17) is 10.9 Å². The van der Waals surface area contributed by atoms with Crippen molar-refractivity contribution in [1.29, 1.82) is 0 Å². The number of para-hydroxylation sites is 1. The molecule has 5 nitrogen and oxygen atoms in total. The topological polar surface area (TPSA) is 85.3 Å². The van der Waals surface area contributed by atoms with E-state index in [1.807, 2.05) is 0 Å². The molecule has 0 saturated heterocycles. The maximum absolute atomic E-state index is 11.7. The van der Waals surface area contributed by atoms with Gasteiger partial charge in [0.2, 0.25) is 5.43 Å². The molecular weight excluding hydrogens is 196 g/mol. The molecule has 1 aromatic heterocycles. The first-order valence-electron chi connectivity index (χ1n) is 4.24. The highest BCUT2D eigenvalue weighted by Gasteiger charge is 2.12. The average molecular weight is 204 g/mol. The normalized spacial score (nSPS) is 10.4. The lowest BCUT2D eigenvalue weighted by Gasteiger charge is -2.05. The minimum Gasteiger partial charge on any atom is -0.477 e. The molecule has 0 aliphatic heterocycles. The predicted octanol–water partition coefficient (Wildman–Crippen LogP) is 0.413. The Balaban J connectivity index is 2.97. The second-order valence-electron chi connectivity index (χ2n) is 3.10. The van der Waals surface area contributed by atoms with Crippen molar-refractivity contribution in [2.45, 2.75) is 0 Å². The van der Waals surface area contributed by atoms with Gasteiger partial charge in [0.1, 0.15) is 5.56 Å². The molecule has 0 spiro atoms. The highest BCUT2D eigenvalue weighted by atomic mass is 16.4. The van der Waals surface area contributed by atoms with Gasteiger partial charge in [0.05, 0.1) is 5.52 Å². The summed E-state index contributed by atoms with van der Waals surface area (Å²) in [5, 5.41) is 9.09. The quantitative estimate of drug-likeness (QED) is 0.659. The van der Waals surface area contributed by atoms with Crippen molar-refractivity contribution in [1.82, 2.24) is 4.68 Å². The Morgan fingerprint density at radius 3 is 2.67 bits per heavy atom. The summed E-state index contributed by atoms with van der Waals surface area (Å²) in [7, 11) is 0. The van der Waals surface area contributed by atoms with Gasteiger partial charge in [-0.25, -0.2) is 4.79 Å². The predicted molar refractivity (Wildman–Crippen MR) is 55.3 cm³/mol. The van der Waals surface area contributed by atoms with Crippen molar-refractivity contribution in [3.8, 4) is 0 Å². The van der Waals surface area contributed by atoms with Gasteiger partial charge in [-0.2, -0.15) is 0 Å². The molecule has 1 heterocycles. The number of benzene rings is 1. The van der Waals surface area contributed by atoms with Crippen molar-refractivity contribution in [2.75, 3.05) is 5.84 Å². The van der Waals surface area contributed by atoms with E-state index in [9.17, 15) is 9.59 Å². The number of hydrogen-bond donors (Lipinski definition) is 2. The van der Waals surface area contributed by atoms with Crippen LogP contribution in [0.3, 0.4) is 0 Å². The van der Waals surface area contributed by atoms with Crippen LogP contribution < -0.4 is 11.3 Å².